The first-order chi connectivity index (χ1) is 10.6. The molecule has 0 amide bonds. The van der Waals surface area contributed by atoms with E-state index in [9.17, 15) is 9.18 Å². The second kappa shape index (κ2) is 5.68. The molecule has 0 aliphatic heterocycles. The zero-order valence-electron chi connectivity index (χ0n) is 12.5. The predicted octanol–water partition coefficient (Wildman–Crippen LogP) is 4.98. The Labute approximate surface area is 128 Å². The molecule has 0 aliphatic rings. The van der Waals surface area contributed by atoms with Crippen molar-refractivity contribution < 1.29 is 9.18 Å². The van der Waals surface area contributed by atoms with Crippen molar-refractivity contribution in [2.45, 2.75) is 19.8 Å². The van der Waals surface area contributed by atoms with Gasteiger partial charge in [-0.05, 0) is 41.8 Å². The summed E-state index contributed by atoms with van der Waals surface area (Å²) < 4.78 is 13.2. The van der Waals surface area contributed by atoms with Crippen molar-refractivity contribution >= 4 is 17.2 Å². The lowest BCUT2D eigenvalue weighted by molar-refractivity contribution is 0.112. The largest absolute Gasteiger partial charge is 0.298 e. The van der Waals surface area contributed by atoms with E-state index in [0.717, 1.165) is 28.3 Å². The molecule has 1 heterocycles. The molecule has 0 aliphatic carbocycles. The number of para-hydroxylation sites is 1. The number of halogens is 1. The fraction of sp³-hybridized carbons (Fsp3) is 0.158. The monoisotopic (exact) mass is 293 g/mol. The highest BCUT2D eigenvalue weighted by Gasteiger charge is 2.17. The predicted molar refractivity (Wildman–Crippen MR) is 86.6 cm³/mol. The minimum atomic E-state index is -0.304. The van der Waals surface area contributed by atoms with E-state index >= 15 is 0 Å². The van der Waals surface area contributed by atoms with Gasteiger partial charge >= 0.3 is 0 Å². The molecule has 3 rings (SSSR count). The standard InChI is InChI=1S/C19H16FNO/c1-12(2)18-15-5-3-4-6-17(15)21-19(16(18)11-22)13-7-9-14(20)10-8-13/h3-12H,1-2H3. The van der Waals surface area contributed by atoms with Crippen molar-refractivity contribution in [3.63, 3.8) is 0 Å². The quantitative estimate of drug-likeness (QED) is 0.638. The van der Waals surface area contributed by atoms with Crippen LogP contribution in [0.4, 0.5) is 4.39 Å². The van der Waals surface area contributed by atoms with E-state index in [1.54, 1.807) is 12.1 Å². The number of aromatic nitrogens is 1. The van der Waals surface area contributed by atoms with Gasteiger partial charge in [0, 0.05) is 16.5 Å². The van der Waals surface area contributed by atoms with Crippen LogP contribution in [0, 0.1) is 5.82 Å². The first-order valence-electron chi connectivity index (χ1n) is 7.25. The Morgan fingerprint density at radius 2 is 1.73 bits per heavy atom. The van der Waals surface area contributed by atoms with Gasteiger partial charge in [0.05, 0.1) is 11.2 Å². The summed E-state index contributed by atoms with van der Waals surface area (Å²) in [5.74, 6) is -0.117. The van der Waals surface area contributed by atoms with Crippen molar-refractivity contribution in [3.8, 4) is 11.3 Å². The van der Waals surface area contributed by atoms with Crippen LogP contribution < -0.4 is 0 Å². The Hall–Kier alpha value is -2.55. The summed E-state index contributed by atoms with van der Waals surface area (Å²) in [6.07, 6.45) is 0.855. The lowest BCUT2D eigenvalue weighted by Crippen LogP contribution is -2.03. The lowest BCUT2D eigenvalue weighted by Gasteiger charge is -2.16. The summed E-state index contributed by atoms with van der Waals surface area (Å²) in [7, 11) is 0. The number of aldehydes is 1. The third-order valence-electron chi connectivity index (χ3n) is 3.78. The summed E-state index contributed by atoms with van der Waals surface area (Å²) in [5, 5.41) is 0.991. The normalized spacial score (nSPS) is 11.1. The van der Waals surface area contributed by atoms with Crippen molar-refractivity contribution in [2.75, 3.05) is 0 Å². The Kier molecular flexibility index (Phi) is 3.72. The Morgan fingerprint density at radius 1 is 1.05 bits per heavy atom. The Bertz CT molecular complexity index is 838. The molecule has 2 aromatic carbocycles. The van der Waals surface area contributed by atoms with Crippen molar-refractivity contribution in [1.29, 1.82) is 0 Å². The maximum Gasteiger partial charge on any atom is 0.152 e. The molecule has 110 valence electrons. The molecule has 0 N–H and O–H groups in total. The second-order valence-electron chi connectivity index (χ2n) is 5.58. The molecule has 0 spiro atoms. The third kappa shape index (κ3) is 2.39. The maximum absolute atomic E-state index is 13.2. The van der Waals surface area contributed by atoms with Gasteiger partial charge in [0.25, 0.3) is 0 Å². The fourth-order valence-electron chi connectivity index (χ4n) is 2.82. The topological polar surface area (TPSA) is 30.0 Å². The molecule has 0 bridgehead atoms. The zero-order valence-corrected chi connectivity index (χ0v) is 12.5. The SMILES string of the molecule is CC(C)c1c(C=O)c(-c2ccc(F)cc2)nc2ccccc12. The molecule has 22 heavy (non-hydrogen) atoms. The van der Waals surface area contributed by atoms with Crippen molar-refractivity contribution in [2.24, 2.45) is 0 Å². The number of hydrogen-bond donors (Lipinski definition) is 0. The molecule has 0 saturated carbocycles. The molecule has 2 nitrogen and oxygen atoms in total. The van der Waals surface area contributed by atoms with E-state index < -0.39 is 0 Å². The summed E-state index contributed by atoms with van der Waals surface area (Å²) in [6.45, 7) is 4.12. The van der Waals surface area contributed by atoms with E-state index in [0.29, 0.717) is 11.3 Å². The molecule has 1 aromatic heterocycles. The molecular weight excluding hydrogens is 277 g/mol. The van der Waals surface area contributed by atoms with E-state index in [2.05, 4.69) is 18.8 Å². The van der Waals surface area contributed by atoms with Gasteiger partial charge < -0.3 is 0 Å². The number of carbonyl (C=O) groups is 1. The average molecular weight is 293 g/mol. The molecule has 3 heteroatoms. The number of pyridine rings is 1. The first kappa shape index (κ1) is 14.4. The third-order valence-corrected chi connectivity index (χ3v) is 3.78. The maximum atomic E-state index is 13.2. The molecule has 3 aromatic rings. The number of benzene rings is 2. The molecule has 0 saturated heterocycles. The summed E-state index contributed by atoms with van der Waals surface area (Å²) in [4.78, 5) is 16.4. The zero-order chi connectivity index (χ0) is 15.7. The van der Waals surface area contributed by atoms with Gasteiger partial charge in [-0.25, -0.2) is 9.37 Å². The summed E-state index contributed by atoms with van der Waals surface area (Å²) >= 11 is 0. The average Bonchev–Trinajstić information content (AvgIpc) is 2.53. The van der Waals surface area contributed by atoms with Gasteiger partial charge in [-0.1, -0.05) is 32.0 Å². The van der Waals surface area contributed by atoms with Gasteiger partial charge in [0.1, 0.15) is 5.82 Å². The van der Waals surface area contributed by atoms with E-state index in [4.69, 9.17) is 0 Å². The number of nitrogens with zero attached hydrogens (tertiary/aromatic N) is 1. The van der Waals surface area contributed by atoms with Gasteiger partial charge in [0.15, 0.2) is 6.29 Å². The summed E-state index contributed by atoms with van der Waals surface area (Å²) in [5.41, 5.74) is 3.77. The van der Waals surface area contributed by atoms with Crippen molar-refractivity contribution in [1.82, 2.24) is 4.98 Å². The fourth-order valence-corrected chi connectivity index (χ4v) is 2.82. The van der Waals surface area contributed by atoms with Crippen LogP contribution in [-0.4, -0.2) is 11.3 Å². The molecule has 0 atom stereocenters. The van der Waals surface area contributed by atoms with Crippen LogP contribution in [-0.2, 0) is 0 Å². The summed E-state index contributed by atoms with van der Waals surface area (Å²) in [6, 6.07) is 13.9. The van der Waals surface area contributed by atoms with Gasteiger partial charge in [-0.15, -0.1) is 0 Å². The van der Waals surface area contributed by atoms with Crippen LogP contribution in [0.25, 0.3) is 22.2 Å². The highest BCUT2D eigenvalue weighted by atomic mass is 19.1. The van der Waals surface area contributed by atoms with Gasteiger partial charge in [0.2, 0.25) is 0 Å². The Morgan fingerprint density at radius 3 is 2.36 bits per heavy atom. The molecule has 0 unspecified atom stereocenters. The second-order valence-corrected chi connectivity index (χ2v) is 5.58. The minimum absolute atomic E-state index is 0.187. The number of fused-ring (bicyclic) bond motifs is 1. The van der Waals surface area contributed by atoms with Crippen LogP contribution >= 0.6 is 0 Å². The minimum Gasteiger partial charge on any atom is -0.298 e. The molecule has 0 fully saturated rings. The Balaban J connectivity index is 2.39. The highest BCUT2D eigenvalue weighted by molar-refractivity contribution is 5.97. The number of carbonyl (C=O) groups excluding carboxylic acids is 1. The van der Waals surface area contributed by atoms with Gasteiger partial charge in [-0.3, -0.25) is 4.79 Å². The number of rotatable bonds is 3. The first-order valence-corrected chi connectivity index (χ1v) is 7.25. The van der Waals surface area contributed by atoms with Gasteiger partial charge in [-0.2, -0.15) is 0 Å². The van der Waals surface area contributed by atoms with Crippen LogP contribution in [0.3, 0.4) is 0 Å². The highest BCUT2D eigenvalue weighted by Crippen LogP contribution is 2.33. The molecule has 0 radical (unpaired) electrons. The van der Waals surface area contributed by atoms with E-state index in [-0.39, 0.29) is 11.7 Å². The van der Waals surface area contributed by atoms with Crippen LogP contribution in [0.2, 0.25) is 0 Å². The van der Waals surface area contributed by atoms with Crippen LogP contribution in [0.15, 0.2) is 48.5 Å². The smallest absolute Gasteiger partial charge is 0.152 e. The molecular formula is C19H16FNO. The van der Waals surface area contributed by atoms with E-state index in [1.807, 2.05) is 24.3 Å². The number of hydrogen-bond acceptors (Lipinski definition) is 2. The lowest BCUT2D eigenvalue weighted by atomic mass is 9.91. The van der Waals surface area contributed by atoms with Crippen LogP contribution in [0.1, 0.15) is 35.7 Å². The van der Waals surface area contributed by atoms with Crippen LogP contribution in [0.5, 0.6) is 0 Å². The van der Waals surface area contributed by atoms with E-state index in [1.165, 1.54) is 12.1 Å². The van der Waals surface area contributed by atoms with Crippen molar-refractivity contribution in [3.05, 3.63) is 65.5 Å².